The number of aliphatic hydroxyl groups is 1. The van der Waals surface area contributed by atoms with Crippen molar-refractivity contribution in [1.82, 2.24) is 0 Å². The zero-order valence-electron chi connectivity index (χ0n) is 54.6. The molecular formula is C66H128O17P2. The quantitative estimate of drug-likeness (QED) is 0.0222. The first kappa shape index (κ1) is 83.1. The van der Waals surface area contributed by atoms with Crippen molar-refractivity contribution in [2.45, 2.75) is 361 Å². The van der Waals surface area contributed by atoms with E-state index in [9.17, 15) is 43.2 Å². The van der Waals surface area contributed by atoms with Gasteiger partial charge >= 0.3 is 39.5 Å². The number of hydrogen-bond donors (Lipinski definition) is 3. The molecule has 19 heteroatoms. The lowest BCUT2D eigenvalue weighted by atomic mass is 10.0. The van der Waals surface area contributed by atoms with Gasteiger partial charge < -0.3 is 33.8 Å². The molecule has 0 heterocycles. The molecule has 0 amide bonds. The highest BCUT2D eigenvalue weighted by molar-refractivity contribution is 7.47. The topological polar surface area (TPSA) is 237 Å². The lowest BCUT2D eigenvalue weighted by molar-refractivity contribution is -0.161. The largest absolute Gasteiger partial charge is 0.472 e. The fourth-order valence-corrected chi connectivity index (χ4v) is 11.6. The number of rotatable bonds is 67. The third-order valence-electron chi connectivity index (χ3n) is 15.4. The first-order valence-corrected chi connectivity index (χ1v) is 37.8. The molecule has 3 N–H and O–H groups in total. The average Bonchev–Trinajstić information content (AvgIpc) is 3.49. The van der Waals surface area contributed by atoms with Gasteiger partial charge in [-0.3, -0.25) is 37.3 Å². The number of aliphatic hydroxyl groups excluding tert-OH is 1. The van der Waals surface area contributed by atoms with E-state index in [-0.39, 0.29) is 25.7 Å². The van der Waals surface area contributed by atoms with Gasteiger partial charge in [0.15, 0.2) is 12.2 Å². The van der Waals surface area contributed by atoms with Gasteiger partial charge in [0.2, 0.25) is 0 Å². The van der Waals surface area contributed by atoms with Gasteiger partial charge in [-0.15, -0.1) is 0 Å². The van der Waals surface area contributed by atoms with E-state index in [1.54, 1.807) is 0 Å². The van der Waals surface area contributed by atoms with Crippen LogP contribution in [0.25, 0.3) is 0 Å². The maximum Gasteiger partial charge on any atom is 0.472 e. The van der Waals surface area contributed by atoms with Crippen molar-refractivity contribution in [3.05, 3.63) is 0 Å². The Hall–Kier alpha value is -1.94. The summed E-state index contributed by atoms with van der Waals surface area (Å²) in [7, 11) is -9.88. The molecule has 0 aliphatic carbocycles. The molecule has 0 saturated carbocycles. The predicted octanol–water partition coefficient (Wildman–Crippen LogP) is 18.7. The molecule has 0 radical (unpaired) electrons. The number of carbonyl (C=O) groups excluding carboxylic acids is 4. The van der Waals surface area contributed by atoms with Crippen LogP contribution in [-0.4, -0.2) is 96.7 Å². The Morgan fingerprint density at radius 3 is 0.694 bits per heavy atom. The van der Waals surface area contributed by atoms with E-state index in [1.807, 2.05) is 0 Å². The summed E-state index contributed by atoms with van der Waals surface area (Å²) >= 11 is 0. The Balaban J connectivity index is 5.16. The molecule has 0 fully saturated rings. The predicted molar refractivity (Wildman–Crippen MR) is 340 cm³/mol. The second kappa shape index (κ2) is 60.9. The number of phosphoric ester groups is 2. The molecule has 0 aromatic heterocycles. The summed E-state index contributed by atoms with van der Waals surface area (Å²) in [5, 5.41) is 10.5. The molecule has 17 nitrogen and oxygen atoms in total. The van der Waals surface area contributed by atoms with E-state index in [2.05, 4.69) is 27.7 Å². The molecule has 0 aromatic carbocycles. The third-order valence-corrected chi connectivity index (χ3v) is 17.3. The molecular weight excluding hydrogens is 1130 g/mol. The fourth-order valence-electron chi connectivity index (χ4n) is 9.99. The zero-order valence-corrected chi connectivity index (χ0v) is 56.4. The Bertz CT molecular complexity index is 1640. The van der Waals surface area contributed by atoms with Crippen LogP contribution in [0.2, 0.25) is 0 Å². The summed E-state index contributed by atoms with van der Waals surface area (Å²) in [5.74, 6) is -2.14. The van der Waals surface area contributed by atoms with Crippen molar-refractivity contribution >= 4 is 39.5 Å². The Labute approximate surface area is 517 Å². The lowest BCUT2D eigenvalue weighted by Crippen LogP contribution is -2.30. The summed E-state index contributed by atoms with van der Waals surface area (Å²) in [6.07, 6.45) is 47.4. The monoisotopic (exact) mass is 1250 g/mol. The van der Waals surface area contributed by atoms with Gasteiger partial charge in [0.25, 0.3) is 0 Å². The number of carbonyl (C=O) groups is 4. The SMILES string of the molecule is CCCCCCCCCCCCCCCCCCC(=O)O[C@H](COC(=O)CCCCCCCCCCCCCCC)COP(=O)(O)OC[C@@H](O)COP(=O)(O)OC[C@@H](COC(=O)CCCCCCC)OC(=O)CCCCCCCCCCCCC. The fraction of sp³-hybridized carbons (Fsp3) is 0.939. The van der Waals surface area contributed by atoms with Gasteiger partial charge in [-0.1, -0.05) is 291 Å². The van der Waals surface area contributed by atoms with Gasteiger partial charge in [-0.25, -0.2) is 9.13 Å². The minimum absolute atomic E-state index is 0.106. The second-order valence-electron chi connectivity index (χ2n) is 23.9. The maximum atomic E-state index is 13.0. The average molecular weight is 1260 g/mol. The summed E-state index contributed by atoms with van der Waals surface area (Å²) in [6.45, 7) is 4.83. The van der Waals surface area contributed by atoms with Crippen LogP contribution in [0.4, 0.5) is 0 Å². The molecule has 0 bridgehead atoms. The first-order chi connectivity index (χ1) is 41.2. The standard InChI is InChI=1S/C66H128O17P2/c1-5-9-13-17-20-23-26-28-29-30-32-35-38-41-45-49-53-66(71)83-62(57-77-64(69)51-47-43-39-36-34-31-27-24-21-18-14-10-6-2)59-81-85(74,75)79-55-60(67)54-78-84(72,73)80-58-61(56-76-63(68)50-46-42-16-12-8-4)82-65(70)52-48-44-40-37-33-25-22-19-15-11-7-3/h60-62,67H,5-59H2,1-4H3,(H,72,73)(H,74,75)/t60-,61+,62+/m0/s1. The number of ether oxygens (including phenoxy) is 4. The van der Waals surface area contributed by atoms with Crippen LogP contribution >= 0.6 is 15.6 Å². The van der Waals surface area contributed by atoms with Gasteiger partial charge in [0, 0.05) is 25.7 Å². The minimum Gasteiger partial charge on any atom is -0.462 e. The van der Waals surface area contributed by atoms with Crippen LogP contribution in [0.15, 0.2) is 0 Å². The van der Waals surface area contributed by atoms with E-state index in [0.717, 1.165) is 96.3 Å². The molecule has 5 atom stereocenters. The van der Waals surface area contributed by atoms with E-state index in [4.69, 9.17) is 37.0 Å². The Morgan fingerprint density at radius 2 is 0.471 bits per heavy atom. The van der Waals surface area contributed by atoms with E-state index in [1.165, 1.54) is 167 Å². The van der Waals surface area contributed by atoms with Crippen molar-refractivity contribution in [3.8, 4) is 0 Å². The van der Waals surface area contributed by atoms with Crippen LogP contribution in [0, 0.1) is 0 Å². The highest BCUT2D eigenvalue weighted by Crippen LogP contribution is 2.45. The van der Waals surface area contributed by atoms with Crippen molar-refractivity contribution in [2.24, 2.45) is 0 Å². The van der Waals surface area contributed by atoms with Gasteiger partial charge in [0.05, 0.1) is 26.4 Å². The molecule has 2 unspecified atom stereocenters. The van der Waals surface area contributed by atoms with Crippen LogP contribution in [0.5, 0.6) is 0 Å². The molecule has 0 spiro atoms. The van der Waals surface area contributed by atoms with E-state index >= 15 is 0 Å². The first-order valence-electron chi connectivity index (χ1n) is 34.8. The van der Waals surface area contributed by atoms with Crippen molar-refractivity contribution in [3.63, 3.8) is 0 Å². The number of unbranched alkanes of at least 4 members (excludes halogenated alkanes) is 41. The summed E-state index contributed by atoms with van der Waals surface area (Å²) in [6, 6.07) is 0. The molecule has 0 aromatic rings. The van der Waals surface area contributed by atoms with Crippen LogP contribution in [-0.2, 0) is 65.4 Å². The molecule has 0 saturated heterocycles. The molecule has 504 valence electrons. The summed E-state index contributed by atoms with van der Waals surface area (Å²) < 4.78 is 67.9. The molecule has 0 aliphatic rings. The van der Waals surface area contributed by atoms with Crippen molar-refractivity contribution in [1.29, 1.82) is 0 Å². The smallest absolute Gasteiger partial charge is 0.462 e. The third kappa shape index (κ3) is 60.7. The summed E-state index contributed by atoms with van der Waals surface area (Å²) in [5.41, 5.74) is 0. The highest BCUT2D eigenvalue weighted by Gasteiger charge is 2.30. The second-order valence-corrected chi connectivity index (χ2v) is 26.8. The van der Waals surface area contributed by atoms with Gasteiger partial charge in [-0.2, -0.15) is 0 Å². The van der Waals surface area contributed by atoms with Crippen molar-refractivity contribution in [2.75, 3.05) is 39.6 Å². The molecule has 0 rings (SSSR count). The lowest BCUT2D eigenvalue weighted by Gasteiger charge is -2.21. The van der Waals surface area contributed by atoms with Crippen molar-refractivity contribution < 1.29 is 80.2 Å². The van der Waals surface area contributed by atoms with E-state index < -0.39 is 97.5 Å². The molecule has 0 aliphatic heterocycles. The maximum absolute atomic E-state index is 13.0. The van der Waals surface area contributed by atoms with Crippen LogP contribution in [0.1, 0.15) is 342 Å². The van der Waals surface area contributed by atoms with E-state index in [0.29, 0.717) is 25.7 Å². The molecule has 85 heavy (non-hydrogen) atoms. The zero-order chi connectivity index (χ0) is 62.6. The Kier molecular flexibility index (Phi) is 59.6. The number of hydrogen-bond acceptors (Lipinski definition) is 15. The van der Waals surface area contributed by atoms with Gasteiger partial charge in [0.1, 0.15) is 19.3 Å². The number of phosphoric acid groups is 2. The van der Waals surface area contributed by atoms with Crippen LogP contribution in [0.3, 0.4) is 0 Å². The normalized spacial score (nSPS) is 14.1. The summed E-state index contributed by atoms with van der Waals surface area (Å²) in [4.78, 5) is 72.1. The van der Waals surface area contributed by atoms with Crippen LogP contribution < -0.4 is 0 Å². The number of esters is 4. The van der Waals surface area contributed by atoms with Gasteiger partial charge in [-0.05, 0) is 25.7 Å². The Morgan fingerprint density at radius 1 is 0.282 bits per heavy atom. The highest BCUT2D eigenvalue weighted by atomic mass is 31.2. The minimum atomic E-state index is -4.94.